The third-order valence-electron chi connectivity index (χ3n) is 4.39. The van der Waals surface area contributed by atoms with Gasteiger partial charge in [-0.2, -0.15) is 0 Å². The van der Waals surface area contributed by atoms with Crippen LogP contribution in [0.5, 0.6) is 0 Å². The summed E-state index contributed by atoms with van der Waals surface area (Å²) in [5.41, 5.74) is 1.01. The molecule has 21 heavy (non-hydrogen) atoms. The lowest BCUT2D eigenvalue weighted by molar-refractivity contribution is 0.0584. The van der Waals surface area contributed by atoms with Gasteiger partial charge in [0, 0.05) is 6.04 Å². The van der Waals surface area contributed by atoms with Crippen molar-refractivity contribution in [3.63, 3.8) is 0 Å². The van der Waals surface area contributed by atoms with Gasteiger partial charge in [-0.15, -0.1) is 0 Å². The summed E-state index contributed by atoms with van der Waals surface area (Å²) in [6.45, 7) is 14.1. The van der Waals surface area contributed by atoms with Gasteiger partial charge in [-0.05, 0) is 51.6 Å². The van der Waals surface area contributed by atoms with Crippen molar-refractivity contribution in [2.75, 3.05) is 32.7 Å². The molecular formula is C18H32N2O. The normalized spacial score (nSPS) is 14.6. The van der Waals surface area contributed by atoms with E-state index in [1.165, 1.54) is 0 Å². The van der Waals surface area contributed by atoms with E-state index in [4.69, 9.17) is 0 Å². The molecule has 0 amide bonds. The molecule has 120 valence electrons. The molecule has 0 aliphatic heterocycles. The van der Waals surface area contributed by atoms with Gasteiger partial charge in [0.2, 0.25) is 0 Å². The number of hydrogen-bond donors (Lipinski definition) is 1. The number of benzene rings is 1. The molecule has 0 aliphatic carbocycles. The van der Waals surface area contributed by atoms with Crippen LogP contribution in [0.3, 0.4) is 0 Å². The Hall–Kier alpha value is -0.900. The Labute approximate surface area is 130 Å². The lowest BCUT2D eigenvalue weighted by Gasteiger charge is -2.32. The van der Waals surface area contributed by atoms with E-state index in [2.05, 4.69) is 37.5 Å². The first kappa shape index (κ1) is 18.1. The quantitative estimate of drug-likeness (QED) is 0.717. The van der Waals surface area contributed by atoms with Crippen molar-refractivity contribution in [2.24, 2.45) is 0 Å². The SMILES string of the molecule is CCN(CC)CCCN(CC)C(C)C(O)c1ccccc1. The second kappa shape index (κ2) is 9.93. The van der Waals surface area contributed by atoms with Gasteiger partial charge in [0.25, 0.3) is 0 Å². The van der Waals surface area contributed by atoms with Gasteiger partial charge in [-0.25, -0.2) is 0 Å². The minimum absolute atomic E-state index is 0.147. The number of aliphatic hydroxyl groups is 1. The molecule has 0 aromatic heterocycles. The lowest BCUT2D eigenvalue weighted by Crippen LogP contribution is -2.39. The summed E-state index contributed by atoms with van der Waals surface area (Å²) in [6.07, 6.45) is 0.737. The highest BCUT2D eigenvalue weighted by molar-refractivity contribution is 5.18. The first-order valence-corrected chi connectivity index (χ1v) is 8.33. The van der Waals surface area contributed by atoms with Crippen molar-refractivity contribution in [1.82, 2.24) is 9.80 Å². The standard InChI is InChI=1S/C18H32N2O/c1-5-19(6-2)14-11-15-20(7-3)16(4)18(21)17-12-9-8-10-13-17/h8-10,12-13,16,18,21H,5-7,11,14-15H2,1-4H3. The second-order valence-electron chi connectivity index (χ2n) is 5.61. The molecule has 1 N–H and O–H groups in total. The molecule has 1 aromatic carbocycles. The van der Waals surface area contributed by atoms with Gasteiger partial charge < -0.3 is 10.0 Å². The number of aliphatic hydroxyl groups excluding tert-OH is 1. The molecule has 3 heteroatoms. The van der Waals surface area contributed by atoms with Crippen LogP contribution in [0, 0.1) is 0 Å². The highest BCUT2D eigenvalue weighted by atomic mass is 16.3. The molecule has 0 spiro atoms. The van der Waals surface area contributed by atoms with Crippen LogP contribution >= 0.6 is 0 Å². The second-order valence-corrected chi connectivity index (χ2v) is 5.61. The average molecular weight is 292 g/mol. The Morgan fingerprint density at radius 2 is 1.57 bits per heavy atom. The van der Waals surface area contributed by atoms with E-state index < -0.39 is 6.10 Å². The number of rotatable bonds is 10. The van der Waals surface area contributed by atoms with Crippen LogP contribution in [-0.4, -0.2) is 53.7 Å². The number of likely N-dealkylation sites (N-methyl/N-ethyl adjacent to an activating group) is 1. The molecule has 0 heterocycles. The zero-order chi connectivity index (χ0) is 15.7. The Kier molecular flexibility index (Phi) is 8.58. The first-order valence-electron chi connectivity index (χ1n) is 8.33. The van der Waals surface area contributed by atoms with Crippen LogP contribution in [0.25, 0.3) is 0 Å². The highest BCUT2D eigenvalue weighted by Crippen LogP contribution is 2.20. The molecule has 1 rings (SSSR count). The van der Waals surface area contributed by atoms with Crippen LogP contribution in [0.4, 0.5) is 0 Å². The molecule has 0 fully saturated rings. The van der Waals surface area contributed by atoms with Crippen molar-refractivity contribution in [3.05, 3.63) is 35.9 Å². The summed E-state index contributed by atoms with van der Waals surface area (Å²) in [7, 11) is 0. The molecule has 3 nitrogen and oxygen atoms in total. The third kappa shape index (κ3) is 5.77. The largest absolute Gasteiger partial charge is 0.387 e. The van der Waals surface area contributed by atoms with E-state index in [-0.39, 0.29) is 6.04 Å². The summed E-state index contributed by atoms with van der Waals surface area (Å²) in [4.78, 5) is 4.83. The maximum atomic E-state index is 10.5. The zero-order valence-corrected chi connectivity index (χ0v) is 14.1. The van der Waals surface area contributed by atoms with Gasteiger partial charge in [0.05, 0.1) is 6.10 Å². The first-order chi connectivity index (χ1) is 10.1. The zero-order valence-electron chi connectivity index (χ0n) is 14.1. The molecule has 1 aromatic rings. The van der Waals surface area contributed by atoms with Crippen LogP contribution in [0.15, 0.2) is 30.3 Å². The summed E-state index contributed by atoms with van der Waals surface area (Å²) in [5, 5.41) is 10.5. The fraction of sp³-hybridized carbons (Fsp3) is 0.667. The van der Waals surface area contributed by atoms with E-state index >= 15 is 0 Å². The van der Waals surface area contributed by atoms with Gasteiger partial charge in [0.1, 0.15) is 0 Å². The Balaban J connectivity index is 2.51. The minimum atomic E-state index is -0.417. The van der Waals surface area contributed by atoms with Crippen molar-refractivity contribution < 1.29 is 5.11 Å². The molecular weight excluding hydrogens is 260 g/mol. The molecule has 2 unspecified atom stereocenters. The summed E-state index contributed by atoms with van der Waals surface area (Å²) >= 11 is 0. The van der Waals surface area contributed by atoms with E-state index in [0.717, 1.165) is 44.7 Å². The van der Waals surface area contributed by atoms with E-state index in [0.29, 0.717) is 0 Å². The molecule has 0 saturated carbocycles. The highest BCUT2D eigenvalue weighted by Gasteiger charge is 2.21. The molecule has 2 atom stereocenters. The summed E-state index contributed by atoms with van der Waals surface area (Å²) in [5.74, 6) is 0. The van der Waals surface area contributed by atoms with Crippen LogP contribution in [0.1, 0.15) is 45.8 Å². The van der Waals surface area contributed by atoms with Gasteiger partial charge in [0.15, 0.2) is 0 Å². The molecule has 0 aliphatic rings. The molecule has 0 saturated heterocycles. The number of nitrogens with zero attached hydrogens (tertiary/aromatic N) is 2. The predicted molar refractivity (Wildman–Crippen MR) is 90.5 cm³/mol. The summed E-state index contributed by atoms with van der Waals surface area (Å²) in [6, 6.07) is 10.1. The maximum Gasteiger partial charge on any atom is 0.0942 e. The minimum Gasteiger partial charge on any atom is -0.387 e. The van der Waals surface area contributed by atoms with Crippen molar-refractivity contribution in [2.45, 2.75) is 46.3 Å². The molecule has 0 radical (unpaired) electrons. The number of hydrogen-bond acceptors (Lipinski definition) is 3. The smallest absolute Gasteiger partial charge is 0.0942 e. The summed E-state index contributed by atoms with van der Waals surface area (Å²) < 4.78 is 0. The predicted octanol–water partition coefficient (Wildman–Crippen LogP) is 3.16. The van der Waals surface area contributed by atoms with Gasteiger partial charge in [-0.1, -0.05) is 51.1 Å². The Morgan fingerprint density at radius 1 is 0.952 bits per heavy atom. The lowest BCUT2D eigenvalue weighted by atomic mass is 10.0. The van der Waals surface area contributed by atoms with E-state index in [9.17, 15) is 5.11 Å². The monoisotopic (exact) mass is 292 g/mol. The van der Waals surface area contributed by atoms with E-state index in [1.54, 1.807) is 0 Å². The van der Waals surface area contributed by atoms with Crippen molar-refractivity contribution in [1.29, 1.82) is 0 Å². The fourth-order valence-electron chi connectivity index (χ4n) is 2.82. The fourth-order valence-corrected chi connectivity index (χ4v) is 2.82. The molecule has 0 bridgehead atoms. The topological polar surface area (TPSA) is 26.7 Å². The average Bonchev–Trinajstić information content (AvgIpc) is 2.55. The van der Waals surface area contributed by atoms with Crippen molar-refractivity contribution in [3.8, 4) is 0 Å². The Morgan fingerprint density at radius 3 is 2.10 bits per heavy atom. The van der Waals surface area contributed by atoms with Crippen molar-refractivity contribution >= 4 is 0 Å². The van der Waals surface area contributed by atoms with Gasteiger partial charge in [-0.3, -0.25) is 4.90 Å². The van der Waals surface area contributed by atoms with E-state index in [1.807, 2.05) is 30.3 Å². The van der Waals surface area contributed by atoms with Crippen LogP contribution in [0.2, 0.25) is 0 Å². The maximum absolute atomic E-state index is 10.5. The third-order valence-corrected chi connectivity index (χ3v) is 4.39. The Bertz CT molecular complexity index is 365. The van der Waals surface area contributed by atoms with Crippen LogP contribution < -0.4 is 0 Å². The van der Waals surface area contributed by atoms with Crippen LogP contribution in [-0.2, 0) is 0 Å². The van der Waals surface area contributed by atoms with Gasteiger partial charge >= 0.3 is 0 Å².